The second-order valence-corrected chi connectivity index (χ2v) is 3.45. The Kier molecular flexibility index (Phi) is 4.74. The molecule has 0 aliphatic carbocycles. The van der Waals surface area contributed by atoms with Crippen molar-refractivity contribution in [2.24, 2.45) is 0 Å². The highest BCUT2D eigenvalue weighted by atomic mass is 35.5. The lowest BCUT2D eigenvalue weighted by Crippen LogP contribution is -1.82. The summed E-state index contributed by atoms with van der Waals surface area (Å²) in [5, 5.41) is 0. The normalized spacial score (nSPS) is 10.1. The van der Waals surface area contributed by atoms with Crippen molar-refractivity contribution in [3.63, 3.8) is 0 Å². The van der Waals surface area contributed by atoms with E-state index < -0.39 is 0 Å². The van der Waals surface area contributed by atoms with E-state index in [4.69, 9.17) is 0 Å². The highest BCUT2D eigenvalue weighted by Crippen LogP contribution is 2.06. The number of benzene rings is 1. The number of nitrogens with zero attached hydrogens (tertiary/aromatic N) is 1. The van der Waals surface area contributed by atoms with Crippen LogP contribution in [0.3, 0.4) is 0 Å². The Morgan fingerprint density at radius 3 is 2.31 bits per heavy atom. The van der Waals surface area contributed by atoms with Crippen molar-refractivity contribution in [1.29, 1.82) is 0 Å². The third-order valence-electron chi connectivity index (χ3n) is 2.16. The summed E-state index contributed by atoms with van der Waals surface area (Å²) in [7, 11) is 0. The molecule has 0 atom stereocenters. The first-order chi connectivity index (χ1) is 7.34. The number of pyridine rings is 1. The second kappa shape index (κ2) is 6.09. The largest absolute Gasteiger partial charge is 0.254 e. The van der Waals surface area contributed by atoms with Gasteiger partial charge in [-0.25, -0.2) is 0 Å². The quantitative estimate of drug-likeness (QED) is 0.762. The van der Waals surface area contributed by atoms with Gasteiger partial charge in [0.2, 0.25) is 0 Å². The fourth-order valence-electron chi connectivity index (χ4n) is 1.40. The number of hydrogen-bond acceptors (Lipinski definition) is 1. The lowest BCUT2D eigenvalue weighted by atomic mass is 10.2. The first kappa shape index (κ1) is 12.5. The molecule has 16 heavy (non-hydrogen) atoms. The molecule has 2 heteroatoms. The van der Waals surface area contributed by atoms with Crippen LogP contribution in [0.1, 0.15) is 17.0 Å². The summed E-state index contributed by atoms with van der Waals surface area (Å²) in [6.07, 6.45) is 4.10. The van der Waals surface area contributed by atoms with Crippen molar-refractivity contribution in [2.75, 3.05) is 0 Å². The van der Waals surface area contributed by atoms with Gasteiger partial charge in [-0.15, -0.1) is 12.4 Å². The van der Waals surface area contributed by atoms with Crippen molar-refractivity contribution in [2.45, 2.75) is 6.92 Å². The van der Waals surface area contributed by atoms with E-state index in [1.165, 1.54) is 5.56 Å². The van der Waals surface area contributed by atoms with Gasteiger partial charge in [0.15, 0.2) is 0 Å². The molecule has 1 heterocycles. The Morgan fingerprint density at radius 2 is 1.62 bits per heavy atom. The molecule has 0 fully saturated rings. The van der Waals surface area contributed by atoms with Gasteiger partial charge in [-0.1, -0.05) is 42.5 Å². The van der Waals surface area contributed by atoms with Gasteiger partial charge >= 0.3 is 0 Å². The molecule has 0 N–H and O–H groups in total. The molecule has 1 nitrogen and oxygen atoms in total. The number of hydrogen-bond donors (Lipinski definition) is 0. The van der Waals surface area contributed by atoms with Gasteiger partial charge in [-0.3, -0.25) is 4.98 Å². The Hall–Kier alpha value is -1.60. The van der Waals surface area contributed by atoms with E-state index in [-0.39, 0.29) is 12.4 Å². The molecule has 0 aliphatic rings. The van der Waals surface area contributed by atoms with Crippen LogP contribution in [0, 0.1) is 6.92 Å². The molecular formula is C14H14ClN. The van der Waals surface area contributed by atoms with E-state index in [0.29, 0.717) is 0 Å². The predicted molar refractivity (Wildman–Crippen MR) is 71.6 cm³/mol. The van der Waals surface area contributed by atoms with Crippen LogP contribution in [0.2, 0.25) is 0 Å². The molecule has 2 aromatic rings. The van der Waals surface area contributed by atoms with Crippen molar-refractivity contribution < 1.29 is 0 Å². The van der Waals surface area contributed by atoms with E-state index in [9.17, 15) is 0 Å². The maximum Gasteiger partial charge on any atom is 0.0633 e. The number of aryl methyl sites for hydroxylation is 1. The standard InChI is InChI=1S/C14H13N.ClH/c1-12-6-5-9-14(15-12)11-10-13-7-3-2-4-8-13;/h2-11H,1H3;1H. The maximum absolute atomic E-state index is 4.40. The molecule has 1 aromatic carbocycles. The summed E-state index contributed by atoms with van der Waals surface area (Å²) < 4.78 is 0. The van der Waals surface area contributed by atoms with Crippen LogP contribution in [0.15, 0.2) is 48.5 Å². The Bertz CT molecular complexity index is 463. The first-order valence-corrected chi connectivity index (χ1v) is 5.01. The van der Waals surface area contributed by atoms with E-state index >= 15 is 0 Å². The average Bonchev–Trinajstić information content (AvgIpc) is 2.28. The minimum atomic E-state index is 0. The van der Waals surface area contributed by atoms with E-state index in [1.807, 2.05) is 49.4 Å². The molecule has 82 valence electrons. The van der Waals surface area contributed by atoms with Gasteiger partial charge in [0.25, 0.3) is 0 Å². The van der Waals surface area contributed by atoms with Gasteiger partial charge in [0.05, 0.1) is 5.69 Å². The minimum absolute atomic E-state index is 0. The third kappa shape index (κ3) is 3.52. The van der Waals surface area contributed by atoms with Crippen LogP contribution in [0.5, 0.6) is 0 Å². The van der Waals surface area contributed by atoms with Crippen molar-refractivity contribution in [3.05, 3.63) is 65.5 Å². The smallest absolute Gasteiger partial charge is 0.0633 e. The first-order valence-electron chi connectivity index (χ1n) is 5.01. The Labute approximate surface area is 102 Å². The SMILES string of the molecule is Cc1cccc(C=Cc2ccccc2)n1.Cl. The highest BCUT2D eigenvalue weighted by molar-refractivity contribution is 5.85. The van der Waals surface area contributed by atoms with Crippen LogP contribution in [0.4, 0.5) is 0 Å². The average molecular weight is 232 g/mol. The number of aromatic nitrogens is 1. The molecule has 0 saturated heterocycles. The van der Waals surface area contributed by atoms with Gasteiger partial charge < -0.3 is 0 Å². The molecule has 0 aliphatic heterocycles. The Balaban J connectivity index is 0.00000128. The summed E-state index contributed by atoms with van der Waals surface area (Å²) in [6.45, 7) is 2.00. The fourth-order valence-corrected chi connectivity index (χ4v) is 1.40. The van der Waals surface area contributed by atoms with Crippen molar-refractivity contribution in [1.82, 2.24) is 4.98 Å². The molecule has 2 rings (SSSR count). The summed E-state index contributed by atoms with van der Waals surface area (Å²) >= 11 is 0. The van der Waals surface area contributed by atoms with E-state index in [0.717, 1.165) is 11.4 Å². The van der Waals surface area contributed by atoms with Crippen LogP contribution in [-0.2, 0) is 0 Å². The maximum atomic E-state index is 4.40. The van der Waals surface area contributed by atoms with Crippen molar-refractivity contribution in [3.8, 4) is 0 Å². The molecule has 0 radical (unpaired) electrons. The zero-order chi connectivity index (χ0) is 10.5. The van der Waals surface area contributed by atoms with Crippen molar-refractivity contribution >= 4 is 24.6 Å². The van der Waals surface area contributed by atoms with Gasteiger partial charge in [0.1, 0.15) is 0 Å². The van der Waals surface area contributed by atoms with Gasteiger partial charge in [-0.2, -0.15) is 0 Å². The zero-order valence-corrected chi connectivity index (χ0v) is 9.95. The zero-order valence-electron chi connectivity index (χ0n) is 9.13. The molecule has 0 amide bonds. The highest BCUT2D eigenvalue weighted by Gasteiger charge is 1.89. The summed E-state index contributed by atoms with van der Waals surface area (Å²) in [4.78, 5) is 4.40. The third-order valence-corrected chi connectivity index (χ3v) is 2.16. The lowest BCUT2D eigenvalue weighted by molar-refractivity contribution is 1.18. The second-order valence-electron chi connectivity index (χ2n) is 3.45. The molecule has 0 unspecified atom stereocenters. The summed E-state index contributed by atoms with van der Waals surface area (Å²) in [5.41, 5.74) is 3.24. The van der Waals surface area contributed by atoms with Crippen LogP contribution in [0.25, 0.3) is 12.2 Å². The summed E-state index contributed by atoms with van der Waals surface area (Å²) in [5.74, 6) is 0. The molecular weight excluding hydrogens is 218 g/mol. The summed E-state index contributed by atoms with van der Waals surface area (Å²) in [6, 6.07) is 16.3. The number of rotatable bonds is 2. The van der Waals surface area contributed by atoms with Gasteiger partial charge in [0, 0.05) is 5.69 Å². The molecule has 1 aromatic heterocycles. The topological polar surface area (TPSA) is 12.9 Å². The number of halogens is 1. The van der Waals surface area contributed by atoms with Crippen LogP contribution >= 0.6 is 12.4 Å². The van der Waals surface area contributed by atoms with Crippen LogP contribution < -0.4 is 0 Å². The fraction of sp³-hybridized carbons (Fsp3) is 0.0714. The van der Waals surface area contributed by atoms with E-state index in [1.54, 1.807) is 0 Å². The predicted octanol–water partition coefficient (Wildman–Crippen LogP) is 3.98. The van der Waals surface area contributed by atoms with Crippen LogP contribution in [-0.4, -0.2) is 4.98 Å². The van der Waals surface area contributed by atoms with E-state index in [2.05, 4.69) is 23.2 Å². The monoisotopic (exact) mass is 231 g/mol. The lowest BCUT2D eigenvalue weighted by Gasteiger charge is -1.95. The molecule has 0 bridgehead atoms. The molecule has 0 saturated carbocycles. The molecule has 0 spiro atoms. The van der Waals surface area contributed by atoms with Gasteiger partial charge in [-0.05, 0) is 30.7 Å². The Morgan fingerprint density at radius 1 is 0.875 bits per heavy atom. The minimum Gasteiger partial charge on any atom is -0.254 e.